The predicted octanol–water partition coefficient (Wildman–Crippen LogP) is 4.95. The molecule has 0 aromatic heterocycles. The molecule has 0 aromatic rings. The van der Waals surface area contributed by atoms with Crippen LogP contribution >= 0.6 is 0 Å². The van der Waals surface area contributed by atoms with Gasteiger partial charge >= 0.3 is 0 Å². The van der Waals surface area contributed by atoms with Crippen molar-refractivity contribution in [2.75, 3.05) is 0 Å². The smallest absolute Gasteiger partial charge is 0.132 e. The van der Waals surface area contributed by atoms with E-state index in [4.69, 9.17) is 0 Å². The Morgan fingerprint density at radius 1 is 0.684 bits per heavy atom. The maximum absolute atomic E-state index is 11.1. The molecule has 0 aromatic carbocycles. The first-order valence-corrected chi connectivity index (χ1v) is 7.27. The quantitative estimate of drug-likeness (QED) is 0.723. The van der Waals surface area contributed by atoms with E-state index in [2.05, 4.69) is 0 Å². The molecular formula is C17H32O2. The van der Waals surface area contributed by atoms with Crippen LogP contribution in [-0.4, -0.2) is 11.6 Å². The van der Waals surface area contributed by atoms with Crippen LogP contribution in [0.5, 0.6) is 0 Å². The van der Waals surface area contributed by atoms with Crippen molar-refractivity contribution in [2.24, 2.45) is 11.8 Å². The third-order valence-corrected chi connectivity index (χ3v) is 4.55. The van der Waals surface area contributed by atoms with E-state index in [-0.39, 0.29) is 14.9 Å². The minimum absolute atomic E-state index is 0. The molecule has 0 atom stereocenters. The van der Waals surface area contributed by atoms with Crippen LogP contribution in [0.4, 0.5) is 0 Å². The van der Waals surface area contributed by atoms with Gasteiger partial charge in [-0.2, -0.15) is 0 Å². The second kappa shape index (κ2) is 9.28. The van der Waals surface area contributed by atoms with Crippen molar-refractivity contribution >= 4 is 11.6 Å². The Kier molecular flexibility index (Phi) is 8.95. The third kappa shape index (κ3) is 6.35. The highest BCUT2D eigenvalue weighted by Gasteiger charge is 2.21. The van der Waals surface area contributed by atoms with Crippen molar-refractivity contribution in [1.82, 2.24) is 0 Å². The van der Waals surface area contributed by atoms with Crippen molar-refractivity contribution < 1.29 is 9.59 Å². The van der Waals surface area contributed by atoms with E-state index < -0.39 is 0 Å². The molecular weight excluding hydrogens is 236 g/mol. The molecule has 0 bridgehead atoms. The SMILES string of the molecule is C.C.O=C1CCC(CCCC2CCC(=O)CC2)CC1. The lowest BCUT2D eigenvalue weighted by Crippen LogP contribution is -2.16. The molecule has 19 heavy (non-hydrogen) atoms. The van der Waals surface area contributed by atoms with Crippen LogP contribution in [0.2, 0.25) is 0 Å². The first kappa shape index (κ1) is 18.3. The lowest BCUT2D eigenvalue weighted by atomic mass is 9.81. The highest BCUT2D eigenvalue weighted by atomic mass is 16.1. The summed E-state index contributed by atoms with van der Waals surface area (Å²) in [6.07, 6.45) is 11.7. The monoisotopic (exact) mass is 268 g/mol. The average molecular weight is 268 g/mol. The average Bonchev–Trinajstić information content (AvgIpc) is 2.34. The van der Waals surface area contributed by atoms with Gasteiger partial charge in [0.25, 0.3) is 0 Å². The Labute approximate surface area is 119 Å². The van der Waals surface area contributed by atoms with Crippen molar-refractivity contribution in [3.63, 3.8) is 0 Å². The first-order valence-electron chi connectivity index (χ1n) is 7.27. The van der Waals surface area contributed by atoms with E-state index in [0.717, 1.165) is 63.2 Å². The zero-order chi connectivity index (χ0) is 12.1. The number of carbonyl (C=O) groups excluding carboxylic acids is 2. The Hall–Kier alpha value is -0.660. The molecule has 2 saturated carbocycles. The molecule has 2 heteroatoms. The summed E-state index contributed by atoms with van der Waals surface area (Å²) in [7, 11) is 0. The van der Waals surface area contributed by atoms with Crippen molar-refractivity contribution in [2.45, 2.75) is 85.5 Å². The van der Waals surface area contributed by atoms with Crippen molar-refractivity contribution in [3.05, 3.63) is 0 Å². The fraction of sp³-hybridized carbons (Fsp3) is 0.882. The molecule has 2 fully saturated rings. The maximum Gasteiger partial charge on any atom is 0.132 e. The van der Waals surface area contributed by atoms with Gasteiger partial charge in [0.1, 0.15) is 11.6 Å². The molecule has 112 valence electrons. The van der Waals surface area contributed by atoms with Crippen LogP contribution < -0.4 is 0 Å². The van der Waals surface area contributed by atoms with Crippen LogP contribution in [0.25, 0.3) is 0 Å². The number of ketones is 2. The minimum Gasteiger partial charge on any atom is -0.300 e. The van der Waals surface area contributed by atoms with E-state index in [1.54, 1.807) is 0 Å². The van der Waals surface area contributed by atoms with Gasteiger partial charge in [0.05, 0.1) is 0 Å². The van der Waals surface area contributed by atoms with Crippen molar-refractivity contribution in [3.8, 4) is 0 Å². The molecule has 0 saturated heterocycles. The predicted molar refractivity (Wildman–Crippen MR) is 81.2 cm³/mol. The zero-order valence-corrected chi connectivity index (χ0v) is 10.7. The van der Waals surface area contributed by atoms with Gasteiger partial charge in [-0.25, -0.2) is 0 Å². The Balaban J connectivity index is 0.00000162. The molecule has 0 heterocycles. The summed E-state index contributed by atoms with van der Waals surface area (Å²) in [4.78, 5) is 22.3. The number of carbonyl (C=O) groups is 2. The second-order valence-electron chi connectivity index (χ2n) is 5.90. The van der Waals surface area contributed by atoms with E-state index in [1.807, 2.05) is 0 Å². The van der Waals surface area contributed by atoms with Gasteiger partial charge in [0.15, 0.2) is 0 Å². The van der Waals surface area contributed by atoms with E-state index >= 15 is 0 Å². The molecule has 0 amide bonds. The second-order valence-corrected chi connectivity index (χ2v) is 5.90. The number of hydrogen-bond donors (Lipinski definition) is 0. The van der Waals surface area contributed by atoms with Crippen LogP contribution in [0, 0.1) is 11.8 Å². The summed E-state index contributed by atoms with van der Waals surface area (Å²) >= 11 is 0. The van der Waals surface area contributed by atoms with Crippen LogP contribution in [0.1, 0.15) is 85.5 Å². The lowest BCUT2D eigenvalue weighted by Gasteiger charge is -2.23. The van der Waals surface area contributed by atoms with Gasteiger partial charge in [-0.3, -0.25) is 9.59 Å². The first-order chi connectivity index (χ1) is 8.24. The van der Waals surface area contributed by atoms with Crippen LogP contribution in [0.3, 0.4) is 0 Å². The van der Waals surface area contributed by atoms with Gasteiger partial charge in [0.2, 0.25) is 0 Å². The summed E-state index contributed by atoms with van der Waals surface area (Å²) in [5, 5.41) is 0. The molecule has 0 spiro atoms. The summed E-state index contributed by atoms with van der Waals surface area (Å²) in [5.41, 5.74) is 0. The van der Waals surface area contributed by atoms with Gasteiger partial charge in [0, 0.05) is 25.7 Å². The Morgan fingerprint density at radius 3 is 1.32 bits per heavy atom. The van der Waals surface area contributed by atoms with E-state index in [9.17, 15) is 9.59 Å². The summed E-state index contributed by atoms with van der Waals surface area (Å²) in [5.74, 6) is 2.54. The molecule has 2 nitrogen and oxygen atoms in total. The highest BCUT2D eigenvalue weighted by molar-refractivity contribution is 5.79. The summed E-state index contributed by atoms with van der Waals surface area (Å²) < 4.78 is 0. The van der Waals surface area contributed by atoms with E-state index in [1.165, 1.54) is 19.3 Å². The molecule has 0 N–H and O–H groups in total. The summed E-state index contributed by atoms with van der Waals surface area (Å²) in [6.45, 7) is 0. The summed E-state index contributed by atoms with van der Waals surface area (Å²) in [6, 6.07) is 0. The van der Waals surface area contributed by atoms with Gasteiger partial charge in [-0.05, 0) is 37.5 Å². The molecule has 2 aliphatic carbocycles. The maximum atomic E-state index is 11.1. The van der Waals surface area contributed by atoms with Gasteiger partial charge in [-0.15, -0.1) is 0 Å². The Morgan fingerprint density at radius 2 is 1.00 bits per heavy atom. The van der Waals surface area contributed by atoms with Crippen molar-refractivity contribution in [1.29, 1.82) is 0 Å². The van der Waals surface area contributed by atoms with Gasteiger partial charge < -0.3 is 0 Å². The Bertz CT molecular complexity index is 235. The molecule has 0 unspecified atom stereocenters. The standard InChI is InChI=1S/C15H24O2.2CH4/c16-14-8-4-12(5-9-14)2-1-3-13-6-10-15(17)11-7-13;;/h12-13H,1-11H2;2*1H4. The zero-order valence-electron chi connectivity index (χ0n) is 10.7. The number of rotatable bonds is 4. The largest absolute Gasteiger partial charge is 0.300 e. The number of Topliss-reactive ketones (excluding diaryl/α,β-unsaturated/α-hetero) is 2. The highest BCUT2D eigenvalue weighted by Crippen LogP contribution is 2.30. The fourth-order valence-electron chi connectivity index (χ4n) is 3.27. The normalized spacial score (nSPS) is 21.7. The third-order valence-electron chi connectivity index (χ3n) is 4.55. The molecule has 2 aliphatic rings. The van der Waals surface area contributed by atoms with Gasteiger partial charge in [-0.1, -0.05) is 34.1 Å². The molecule has 0 aliphatic heterocycles. The lowest BCUT2D eigenvalue weighted by molar-refractivity contribution is -0.121. The minimum atomic E-state index is 0. The molecule has 0 radical (unpaired) electrons. The van der Waals surface area contributed by atoms with Crippen LogP contribution in [-0.2, 0) is 9.59 Å². The fourth-order valence-corrected chi connectivity index (χ4v) is 3.27. The number of hydrogen-bond acceptors (Lipinski definition) is 2. The van der Waals surface area contributed by atoms with Crippen LogP contribution in [0.15, 0.2) is 0 Å². The topological polar surface area (TPSA) is 34.1 Å². The van der Waals surface area contributed by atoms with E-state index in [0.29, 0.717) is 11.6 Å². The molecule has 2 rings (SSSR count).